The number of carbonyl (C=O) groups is 3. The topological polar surface area (TPSA) is 104 Å². The molecule has 3 rings (SSSR count). The lowest BCUT2D eigenvalue weighted by atomic mass is 9.88. The average molecular weight is 461 g/mol. The van der Waals surface area contributed by atoms with E-state index in [1.54, 1.807) is 6.07 Å². The lowest BCUT2D eigenvalue weighted by molar-refractivity contribution is -0.149. The summed E-state index contributed by atoms with van der Waals surface area (Å²) in [5.74, 6) is -1.64. The van der Waals surface area contributed by atoms with Crippen LogP contribution in [0.3, 0.4) is 0 Å². The van der Waals surface area contributed by atoms with Crippen molar-refractivity contribution in [1.29, 1.82) is 0 Å². The van der Waals surface area contributed by atoms with Crippen LogP contribution in [0.25, 0.3) is 0 Å². The number of rotatable bonds is 7. The minimum Gasteiger partial charge on any atom is -0.469 e. The van der Waals surface area contributed by atoms with Gasteiger partial charge >= 0.3 is 11.9 Å². The molecule has 1 saturated carbocycles. The van der Waals surface area contributed by atoms with Gasteiger partial charge in [-0.15, -0.1) is 0 Å². The lowest BCUT2D eigenvalue weighted by Crippen LogP contribution is -2.45. The molecule has 2 aliphatic carbocycles. The Balaban J connectivity index is 1.95. The Labute approximate surface area is 195 Å². The van der Waals surface area contributed by atoms with E-state index >= 15 is 0 Å². The van der Waals surface area contributed by atoms with Crippen LogP contribution in [0.2, 0.25) is 0 Å². The molecule has 0 spiro atoms. The Morgan fingerprint density at radius 3 is 2.33 bits per heavy atom. The molecule has 0 aromatic carbocycles. The van der Waals surface area contributed by atoms with Gasteiger partial charge < -0.3 is 19.4 Å². The maximum atomic E-state index is 13.5. The second kappa shape index (κ2) is 12.0. The fourth-order valence-electron chi connectivity index (χ4n) is 5.04. The summed E-state index contributed by atoms with van der Waals surface area (Å²) >= 11 is 0. The van der Waals surface area contributed by atoms with Crippen molar-refractivity contribution in [1.82, 2.24) is 9.88 Å². The number of methoxy groups -OCH3 is 2. The second-order valence-corrected chi connectivity index (χ2v) is 9.19. The number of hydrogen-bond donors (Lipinski definition) is 1. The molecule has 2 aliphatic rings. The lowest BCUT2D eigenvalue weighted by Gasteiger charge is -2.27. The van der Waals surface area contributed by atoms with Gasteiger partial charge in [0.2, 0.25) is 0 Å². The van der Waals surface area contributed by atoms with Crippen LogP contribution in [0.1, 0.15) is 85.8 Å². The van der Waals surface area contributed by atoms with Crippen molar-refractivity contribution in [2.75, 3.05) is 14.2 Å². The van der Waals surface area contributed by atoms with E-state index in [0.717, 1.165) is 62.6 Å². The molecule has 1 atom stereocenters. The summed E-state index contributed by atoms with van der Waals surface area (Å²) in [5, 5.41) is 2.53. The third-order valence-electron chi connectivity index (χ3n) is 6.90. The highest BCUT2D eigenvalue weighted by molar-refractivity contribution is 5.97. The van der Waals surface area contributed by atoms with Crippen molar-refractivity contribution >= 4 is 17.8 Å². The van der Waals surface area contributed by atoms with Gasteiger partial charge in [-0.3, -0.25) is 14.4 Å². The molecule has 1 fully saturated rings. The van der Waals surface area contributed by atoms with E-state index in [2.05, 4.69) is 10.1 Å². The summed E-state index contributed by atoms with van der Waals surface area (Å²) in [4.78, 5) is 50.6. The van der Waals surface area contributed by atoms with Crippen molar-refractivity contribution in [2.24, 2.45) is 5.92 Å². The quantitative estimate of drug-likeness (QED) is 0.628. The van der Waals surface area contributed by atoms with E-state index in [1.165, 1.54) is 33.5 Å². The van der Waals surface area contributed by atoms with Gasteiger partial charge in [0, 0.05) is 12.2 Å². The minimum absolute atomic E-state index is 0.0175. The molecule has 8 heteroatoms. The van der Waals surface area contributed by atoms with Gasteiger partial charge in [-0.1, -0.05) is 32.1 Å². The Morgan fingerprint density at radius 2 is 1.67 bits per heavy atom. The first-order chi connectivity index (χ1) is 15.9. The fraction of sp³-hybridized carbons (Fsp3) is 0.680. The van der Waals surface area contributed by atoms with Crippen molar-refractivity contribution < 1.29 is 23.9 Å². The largest absolute Gasteiger partial charge is 0.469 e. The summed E-state index contributed by atoms with van der Waals surface area (Å²) in [6.45, 7) is 0.630. The van der Waals surface area contributed by atoms with Crippen molar-refractivity contribution in [2.45, 2.75) is 89.6 Å². The van der Waals surface area contributed by atoms with Gasteiger partial charge in [0.1, 0.15) is 11.6 Å². The molecular weight excluding hydrogens is 424 g/mol. The first kappa shape index (κ1) is 25.0. The highest BCUT2D eigenvalue weighted by Gasteiger charge is 2.28. The molecule has 0 aliphatic heterocycles. The molecule has 0 saturated heterocycles. The zero-order valence-electron chi connectivity index (χ0n) is 19.8. The molecule has 1 aromatic heterocycles. The van der Waals surface area contributed by atoms with Crippen LogP contribution in [0, 0.1) is 5.92 Å². The summed E-state index contributed by atoms with van der Waals surface area (Å²) in [6.07, 6.45) is 11.4. The SMILES string of the molecule is COC(=O)CC(NC(=O)c1cc2c(n(CC3CCCCC3)c1=O)CCCCCC2)C(=O)OC. The number of carbonyl (C=O) groups excluding carboxylic acids is 3. The zero-order chi connectivity index (χ0) is 23.8. The third-order valence-corrected chi connectivity index (χ3v) is 6.90. The Morgan fingerprint density at radius 1 is 1.00 bits per heavy atom. The van der Waals surface area contributed by atoms with E-state index in [0.29, 0.717) is 12.5 Å². The molecule has 1 amide bonds. The number of nitrogens with one attached hydrogen (secondary N) is 1. The summed E-state index contributed by atoms with van der Waals surface area (Å²) in [7, 11) is 2.39. The van der Waals surface area contributed by atoms with E-state index < -0.39 is 23.9 Å². The Hall–Kier alpha value is -2.64. The Bertz CT molecular complexity index is 916. The predicted octanol–water partition coefficient (Wildman–Crippen LogP) is 2.92. The van der Waals surface area contributed by atoms with Crippen LogP contribution in [-0.2, 0) is 38.4 Å². The number of aryl methyl sites for hydroxylation is 1. The number of fused-ring (bicyclic) bond motifs is 1. The van der Waals surface area contributed by atoms with Crippen LogP contribution in [0.4, 0.5) is 0 Å². The van der Waals surface area contributed by atoms with E-state index in [1.807, 2.05) is 4.57 Å². The van der Waals surface area contributed by atoms with Crippen molar-refractivity contribution in [3.05, 3.63) is 33.2 Å². The average Bonchev–Trinajstić information content (AvgIpc) is 2.81. The van der Waals surface area contributed by atoms with Gasteiger partial charge in [0.15, 0.2) is 0 Å². The van der Waals surface area contributed by atoms with Crippen LogP contribution in [-0.4, -0.2) is 42.7 Å². The summed E-state index contributed by atoms with van der Waals surface area (Å²) < 4.78 is 11.2. The zero-order valence-corrected chi connectivity index (χ0v) is 19.8. The second-order valence-electron chi connectivity index (χ2n) is 9.19. The number of pyridine rings is 1. The summed E-state index contributed by atoms with van der Waals surface area (Å²) in [5.41, 5.74) is 1.79. The standard InChI is InChI=1S/C25H36N2O6/c1-32-22(28)15-20(25(31)33-2)26-23(29)19-14-18-12-8-3-4-9-13-21(18)27(24(19)30)16-17-10-6-5-7-11-17/h14,17,20H,3-13,15-16H2,1-2H3,(H,26,29). The van der Waals surface area contributed by atoms with Crippen LogP contribution in [0.5, 0.6) is 0 Å². The van der Waals surface area contributed by atoms with Crippen molar-refractivity contribution in [3.8, 4) is 0 Å². The molecule has 1 heterocycles. The molecule has 0 bridgehead atoms. The fourth-order valence-corrected chi connectivity index (χ4v) is 5.04. The number of hydrogen-bond acceptors (Lipinski definition) is 6. The number of aromatic nitrogens is 1. The Kier molecular flexibility index (Phi) is 9.09. The monoisotopic (exact) mass is 460 g/mol. The first-order valence-electron chi connectivity index (χ1n) is 12.2. The number of amides is 1. The number of ether oxygens (including phenoxy) is 2. The van der Waals surface area contributed by atoms with Gasteiger partial charge in [0.25, 0.3) is 11.5 Å². The van der Waals surface area contributed by atoms with Gasteiger partial charge in [-0.2, -0.15) is 0 Å². The number of nitrogens with zero attached hydrogens (tertiary/aromatic N) is 1. The number of esters is 2. The van der Waals surface area contributed by atoms with Crippen LogP contribution in [0.15, 0.2) is 10.9 Å². The smallest absolute Gasteiger partial charge is 0.328 e. The highest BCUT2D eigenvalue weighted by Crippen LogP contribution is 2.27. The molecule has 8 nitrogen and oxygen atoms in total. The first-order valence-corrected chi connectivity index (χ1v) is 12.2. The normalized spacial score (nSPS) is 17.8. The third kappa shape index (κ3) is 6.45. The highest BCUT2D eigenvalue weighted by atomic mass is 16.5. The van der Waals surface area contributed by atoms with E-state index in [9.17, 15) is 19.2 Å². The van der Waals surface area contributed by atoms with Crippen LogP contribution < -0.4 is 10.9 Å². The molecule has 1 N–H and O–H groups in total. The van der Waals surface area contributed by atoms with Gasteiger partial charge in [-0.05, 0) is 56.1 Å². The van der Waals surface area contributed by atoms with Crippen molar-refractivity contribution in [3.63, 3.8) is 0 Å². The maximum Gasteiger partial charge on any atom is 0.328 e. The summed E-state index contributed by atoms with van der Waals surface area (Å²) in [6, 6.07) is 0.477. The molecule has 1 aromatic rings. The molecule has 1 unspecified atom stereocenters. The van der Waals surface area contributed by atoms with Gasteiger partial charge in [0.05, 0.1) is 20.6 Å². The predicted molar refractivity (Wildman–Crippen MR) is 123 cm³/mol. The van der Waals surface area contributed by atoms with E-state index in [-0.39, 0.29) is 17.5 Å². The minimum atomic E-state index is -1.22. The maximum absolute atomic E-state index is 13.5. The molecule has 182 valence electrons. The van der Waals surface area contributed by atoms with Crippen LogP contribution >= 0.6 is 0 Å². The molecular formula is C25H36N2O6. The molecule has 0 radical (unpaired) electrons. The van der Waals surface area contributed by atoms with Gasteiger partial charge in [-0.25, -0.2) is 4.79 Å². The van der Waals surface area contributed by atoms with E-state index in [4.69, 9.17) is 4.74 Å². The molecule has 33 heavy (non-hydrogen) atoms.